The van der Waals surface area contributed by atoms with E-state index in [0.29, 0.717) is 22.3 Å². The Morgan fingerprint density at radius 3 is 3.06 bits per heavy atom. The highest BCUT2D eigenvalue weighted by Gasteiger charge is 2.11. The highest BCUT2D eigenvalue weighted by atomic mass is 16.1. The zero-order valence-electron chi connectivity index (χ0n) is 8.38. The van der Waals surface area contributed by atoms with E-state index in [4.69, 9.17) is 0 Å². The predicted molar refractivity (Wildman–Crippen MR) is 58.6 cm³/mol. The Bertz CT molecular complexity index is 905. The number of pyridine rings is 1. The fraction of sp³-hybridized carbons (Fsp3) is 0. The lowest BCUT2D eigenvalue weighted by Gasteiger charge is -2.00. The first kappa shape index (κ1) is 8.39. The van der Waals surface area contributed by atoms with Gasteiger partial charge in [-0.1, -0.05) is 0 Å². The standard InChI is InChI=1S/C9H5N7O/c17-8-5-1-10-7-4(2-12-15-7)6(5)16-9(14-8)11-3-13-16/h1-3H,(H,10,12,15)(H,11,13,14,17). The zero-order valence-corrected chi connectivity index (χ0v) is 8.38. The van der Waals surface area contributed by atoms with Crippen LogP contribution in [0.25, 0.3) is 27.7 Å². The average Bonchev–Trinajstić information content (AvgIpc) is 2.95. The molecule has 17 heavy (non-hydrogen) atoms. The first-order chi connectivity index (χ1) is 8.34. The van der Waals surface area contributed by atoms with Crippen LogP contribution in [0.4, 0.5) is 0 Å². The first-order valence-electron chi connectivity index (χ1n) is 4.88. The van der Waals surface area contributed by atoms with E-state index in [1.807, 2.05) is 0 Å². The molecule has 0 aliphatic carbocycles. The van der Waals surface area contributed by atoms with Gasteiger partial charge in [0.15, 0.2) is 5.65 Å². The van der Waals surface area contributed by atoms with Crippen molar-refractivity contribution >= 4 is 27.7 Å². The van der Waals surface area contributed by atoms with Gasteiger partial charge in [-0.05, 0) is 0 Å². The summed E-state index contributed by atoms with van der Waals surface area (Å²) in [6.45, 7) is 0. The summed E-state index contributed by atoms with van der Waals surface area (Å²) in [7, 11) is 0. The van der Waals surface area contributed by atoms with Gasteiger partial charge < -0.3 is 0 Å². The van der Waals surface area contributed by atoms with Crippen molar-refractivity contribution < 1.29 is 0 Å². The molecule has 4 aromatic rings. The largest absolute Gasteiger partial charge is 0.290 e. The van der Waals surface area contributed by atoms with Gasteiger partial charge in [0.25, 0.3) is 5.56 Å². The summed E-state index contributed by atoms with van der Waals surface area (Å²) in [5.41, 5.74) is 1.02. The van der Waals surface area contributed by atoms with Crippen molar-refractivity contribution in [1.82, 2.24) is 34.8 Å². The molecule has 0 radical (unpaired) electrons. The number of nitrogens with zero attached hydrogens (tertiary/aromatic N) is 5. The molecule has 0 aliphatic heterocycles. The van der Waals surface area contributed by atoms with Gasteiger partial charge in [0.2, 0.25) is 5.78 Å². The Morgan fingerprint density at radius 2 is 2.12 bits per heavy atom. The van der Waals surface area contributed by atoms with E-state index in [1.54, 1.807) is 10.7 Å². The number of aromatic nitrogens is 7. The zero-order chi connectivity index (χ0) is 11.4. The molecule has 8 nitrogen and oxygen atoms in total. The maximum absolute atomic E-state index is 11.8. The fourth-order valence-electron chi connectivity index (χ4n) is 1.94. The second-order valence-electron chi connectivity index (χ2n) is 3.60. The quantitative estimate of drug-likeness (QED) is 0.434. The molecule has 82 valence electrons. The van der Waals surface area contributed by atoms with Crippen molar-refractivity contribution in [2.24, 2.45) is 0 Å². The first-order valence-corrected chi connectivity index (χ1v) is 4.88. The molecule has 8 heteroatoms. The van der Waals surface area contributed by atoms with Crippen molar-refractivity contribution in [3.8, 4) is 0 Å². The van der Waals surface area contributed by atoms with Gasteiger partial charge in [0.05, 0.1) is 22.5 Å². The third-order valence-corrected chi connectivity index (χ3v) is 2.68. The molecule has 0 atom stereocenters. The lowest BCUT2D eigenvalue weighted by Crippen LogP contribution is -2.11. The van der Waals surface area contributed by atoms with E-state index < -0.39 is 0 Å². The van der Waals surface area contributed by atoms with Crippen LogP contribution in [0.15, 0.2) is 23.5 Å². The molecule has 2 N–H and O–H groups in total. The maximum Gasteiger partial charge on any atom is 0.261 e. The van der Waals surface area contributed by atoms with Crippen molar-refractivity contribution in [2.75, 3.05) is 0 Å². The number of hydrogen-bond donors (Lipinski definition) is 2. The second-order valence-corrected chi connectivity index (χ2v) is 3.60. The fourth-order valence-corrected chi connectivity index (χ4v) is 1.94. The SMILES string of the molecule is O=c1[nH]c2ncnn2c2c1cnc1[nH]ncc12. The Labute approximate surface area is 92.3 Å². The summed E-state index contributed by atoms with van der Waals surface area (Å²) in [5.74, 6) is 0.399. The number of H-pyrrole nitrogens is 2. The van der Waals surface area contributed by atoms with Crippen molar-refractivity contribution in [1.29, 1.82) is 0 Å². The molecule has 4 aromatic heterocycles. The third-order valence-electron chi connectivity index (χ3n) is 2.68. The molecular formula is C9H5N7O. The Kier molecular flexibility index (Phi) is 1.32. The third kappa shape index (κ3) is 0.936. The minimum absolute atomic E-state index is 0.240. The summed E-state index contributed by atoms with van der Waals surface area (Å²) in [4.78, 5) is 22.6. The van der Waals surface area contributed by atoms with Crippen LogP contribution in [0.2, 0.25) is 0 Å². The molecule has 0 unspecified atom stereocenters. The van der Waals surface area contributed by atoms with Gasteiger partial charge in [0, 0.05) is 6.20 Å². The van der Waals surface area contributed by atoms with Gasteiger partial charge in [-0.2, -0.15) is 19.7 Å². The van der Waals surface area contributed by atoms with E-state index in [2.05, 4.69) is 30.2 Å². The van der Waals surface area contributed by atoms with E-state index in [0.717, 1.165) is 5.39 Å². The Hall–Kier alpha value is -2.77. The van der Waals surface area contributed by atoms with Gasteiger partial charge in [-0.3, -0.25) is 14.9 Å². The van der Waals surface area contributed by atoms with Crippen LogP contribution in [0.3, 0.4) is 0 Å². The highest BCUT2D eigenvalue weighted by molar-refractivity contribution is 6.01. The van der Waals surface area contributed by atoms with Crippen LogP contribution < -0.4 is 5.56 Å². The van der Waals surface area contributed by atoms with E-state index in [1.165, 1.54) is 12.5 Å². The summed E-state index contributed by atoms with van der Waals surface area (Å²) in [5, 5.41) is 11.9. The maximum atomic E-state index is 11.8. The number of hydrogen-bond acceptors (Lipinski definition) is 5. The van der Waals surface area contributed by atoms with Crippen molar-refractivity contribution in [3.63, 3.8) is 0 Å². The predicted octanol–water partition coefficient (Wildman–Crippen LogP) is -0.158. The summed E-state index contributed by atoms with van der Waals surface area (Å²) >= 11 is 0. The number of aromatic amines is 2. The molecule has 0 bridgehead atoms. The smallest absolute Gasteiger partial charge is 0.261 e. The van der Waals surface area contributed by atoms with E-state index in [-0.39, 0.29) is 5.56 Å². The molecule has 4 rings (SSSR count). The summed E-state index contributed by atoms with van der Waals surface area (Å²) in [6.07, 6.45) is 4.50. The van der Waals surface area contributed by atoms with Crippen LogP contribution in [0.5, 0.6) is 0 Å². The molecule has 0 aliphatic rings. The molecule has 0 fully saturated rings. The minimum atomic E-state index is -0.240. The van der Waals surface area contributed by atoms with Crippen LogP contribution in [0.1, 0.15) is 0 Å². The van der Waals surface area contributed by atoms with Crippen LogP contribution in [0, 0.1) is 0 Å². The molecule has 0 saturated heterocycles. The van der Waals surface area contributed by atoms with Crippen molar-refractivity contribution in [2.45, 2.75) is 0 Å². The van der Waals surface area contributed by atoms with Crippen LogP contribution in [-0.4, -0.2) is 34.8 Å². The van der Waals surface area contributed by atoms with E-state index >= 15 is 0 Å². The van der Waals surface area contributed by atoms with E-state index in [9.17, 15) is 4.79 Å². The van der Waals surface area contributed by atoms with Gasteiger partial charge >= 0.3 is 0 Å². The summed E-state index contributed by atoms with van der Waals surface area (Å²) < 4.78 is 1.57. The van der Waals surface area contributed by atoms with Crippen LogP contribution >= 0.6 is 0 Å². The van der Waals surface area contributed by atoms with Gasteiger partial charge in [-0.25, -0.2) is 4.98 Å². The molecule has 0 saturated carbocycles. The molecule has 0 amide bonds. The van der Waals surface area contributed by atoms with Crippen molar-refractivity contribution in [3.05, 3.63) is 29.1 Å². The van der Waals surface area contributed by atoms with Gasteiger partial charge in [-0.15, -0.1) is 0 Å². The molecule has 0 aromatic carbocycles. The average molecular weight is 227 g/mol. The Balaban J connectivity index is 2.50. The summed E-state index contributed by atoms with van der Waals surface area (Å²) in [6, 6.07) is 0. The number of rotatable bonds is 0. The second kappa shape index (κ2) is 2.67. The van der Waals surface area contributed by atoms with Crippen LogP contribution in [-0.2, 0) is 0 Å². The minimum Gasteiger partial charge on any atom is -0.290 e. The number of fused-ring (bicyclic) bond motifs is 5. The monoisotopic (exact) mass is 227 g/mol. The van der Waals surface area contributed by atoms with Gasteiger partial charge in [0.1, 0.15) is 6.33 Å². The highest BCUT2D eigenvalue weighted by Crippen LogP contribution is 2.18. The lowest BCUT2D eigenvalue weighted by molar-refractivity contribution is 0.979. The lowest BCUT2D eigenvalue weighted by atomic mass is 10.2. The topological polar surface area (TPSA) is 105 Å². The molecule has 4 heterocycles. The number of nitrogens with one attached hydrogen (secondary N) is 2. The molecule has 0 spiro atoms. The normalized spacial score (nSPS) is 11.8. The molecular weight excluding hydrogens is 222 g/mol. The Morgan fingerprint density at radius 1 is 1.18 bits per heavy atom.